The minimum absolute atomic E-state index is 0.00705. The van der Waals surface area contributed by atoms with Crippen LogP contribution in [0.5, 0.6) is 0 Å². The van der Waals surface area contributed by atoms with Gasteiger partial charge in [-0.2, -0.15) is 0 Å². The second-order valence-electron chi connectivity index (χ2n) is 8.36. The van der Waals surface area contributed by atoms with Crippen LogP contribution in [0, 0.1) is 5.92 Å². The lowest BCUT2D eigenvalue weighted by atomic mass is 9.78. The zero-order chi connectivity index (χ0) is 21.0. The van der Waals surface area contributed by atoms with Crippen LogP contribution in [0.25, 0.3) is 16.9 Å². The molecular formula is C21H22BrN5O3. The van der Waals surface area contributed by atoms with Crippen LogP contribution >= 0.6 is 15.9 Å². The molecule has 0 radical (unpaired) electrons. The largest absolute Gasteiger partial charge is 0.334 e. The summed E-state index contributed by atoms with van der Waals surface area (Å²) >= 11 is 3.14. The number of aromatic amines is 1. The first-order chi connectivity index (χ1) is 14.4. The Balaban J connectivity index is 1.74. The Morgan fingerprint density at radius 3 is 2.77 bits per heavy atom. The third kappa shape index (κ3) is 3.16. The van der Waals surface area contributed by atoms with E-state index in [0.29, 0.717) is 23.5 Å². The summed E-state index contributed by atoms with van der Waals surface area (Å²) in [5.74, 6) is 0.553. The summed E-state index contributed by atoms with van der Waals surface area (Å²) < 4.78 is 3.08. The van der Waals surface area contributed by atoms with Gasteiger partial charge in [-0.15, -0.1) is 0 Å². The summed E-state index contributed by atoms with van der Waals surface area (Å²) in [7, 11) is 0. The topological polar surface area (TPSA) is 102 Å². The number of rotatable bonds is 2. The normalized spacial score (nSPS) is 26.1. The molecule has 2 bridgehead atoms. The number of hydrogen-bond acceptors (Lipinski definition) is 5. The van der Waals surface area contributed by atoms with Gasteiger partial charge in [0.2, 0.25) is 5.82 Å². The number of fused-ring (bicyclic) bond motifs is 3. The molecule has 0 saturated carbocycles. The molecule has 2 N–H and O–H groups in total. The first kappa shape index (κ1) is 19.4. The molecule has 2 aromatic heterocycles. The highest BCUT2D eigenvalue weighted by Crippen LogP contribution is 2.36. The molecular weight excluding hydrogens is 450 g/mol. The van der Waals surface area contributed by atoms with E-state index in [1.54, 1.807) is 0 Å². The molecule has 5 rings (SSSR count). The highest BCUT2D eigenvalue weighted by molar-refractivity contribution is 9.10. The van der Waals surface area contributed by atoms with E-state index in [2.05, 4.69) is 38.1 Å². The average molecular weight is 472 g/mol. The summed E-state index contributed by atoms with van der Waals surface area (Å²) in [6.45, 7) is 2.26. The smallest absolute Gasteiger partial charge is 0.311 e. The van der Waals surface area contributed by atoms with Crippen molar-refractivity contribution in [3.05, 3.63) is 66.1 Å². The Hall–Kier alpha value is -2.52. The molecule has 2 aliphatic rings. The Kier molecular flexibility index (Phi) is 4.74. The van der Waals surface area contributed by atoms with E-state index in [1.807, 2.05) is 28.8 Å². The summed E-state index contributed by atoms with van der Waals surface area (Å²) in [6.07, 6.45) is 5.33. The molecule has 2 unspecified atom stereocenters. The maximum Gasteiger partial charge on any atom is 0.334 e. The molecule has 4 atom stereocenters. The third-order valence-corrected chi connectivity index (χ3v) is 7.02. The lowest BCUT2D eigenvalue weighted by Gasteiger charge is -2.44. The Morgan fingerprint density at radius 1 is 1.13 bits per heavy atom. The highest BCUT2D eigenvalue weighted by Gasteiger charge is 2.37. The predicted octanol–water partition coefficient (Wildman–Crippen LogP) is 2.09. The quantitative estimate of drug-likeness (QED) is 0.595. The molecule has 2 aliphatic heterocycles. The maximum atomic E-state index is 13.6. The number of aromatic nitrogens is 4. The number of para-hydroxylation sites is 2. The molecule has 2 fully saturated rings. The Labute approximate surface area is 180 Å². The van der Waals surface area contributed by atoms with E-state index in [4.69, 9.17) is 0 Å². The van der Waals surface area contributed by atoms with Gasteiger partial charge in [-0.25, -0.2) is 14.3 Å². The van der Waals surface area contributed by atoms with Crippen molar-refractivity contribution in [3.63, 3.8) is 0 Å². The summed E-state index contributed by atoms with van der Waals surface area (Å²) in [5, 5.41) is 3.71. The third-order valence-electron chi connectivity index (χ3n) is 6.46. The average Bonchev–Trinajstić information content (AvgIpc) is 2.73. The molecule has 30 heavy (non-hydrogen) atoms. The van der Waals surface area contributed by atoms with E-state index in [1.165, 1.54) is 12.6 Å². The molecule has 1 aromatic carbocycles. The monoisotopic (exact) mass is 471 g/mol. The molecule has 156 valence electrons. The van der Waals surface area contributed by atoms with Crippen molar-refractivity contribution < 1.29 is 0 Å². The van der Waals surface area contributed by atoms with Crippen LogP contribution in [-0.2, 0) is 0 Å². The Bertz CT molecular complexity index is 1310. The fraction of sp³-hybridized carbons (Fsp3) is 0.429. The van der Waals surface area contributed by atoms with Gasteiger partial charge in [-0.05, 0) is 59.7 Å². The number of piperidine rings is 2. The van der Waals surface area contributed by atoms with Gasteiger partial charge in [0.05, 0.1) is 15.5 Å². The molecule has 8 nitrogen and oxygen atoms in total. The molecule has 3 aromatic rings. The first-order valence-corrected chi connectivity index (χ1v) is 11.0. The van der Waals surface area contributed by atoms with Gasteiger partial charge in [-0.1, -0.05) is 19.1 Å². The SMILES string of the molecule is CC1CC[C@@H]2C[C@H](n3c(=O)c(-n4cc(Br)c(=O)[nH]c4=O)nc4ccccc43)CC1N2. The number of nitrogens with zero attached hydrogens (tertiary/aromatic N) is 3. The minimum atomic E-state index is -0.689. The van der Waals surface area contributed by atoms with Crippen LogP contribution in [0.15, 0.2) is 49.3 Å². The van der Waals surface area contributed by atoms with Crippen molar-refractivity contribution in [2.75, 3.05) is 0 Å². The van der Waals surface area contributed by atoms with Crippen molar-refractivity contribution >= 4 is 27.0 Å². The Morgan fingerprint density at radius 2 is 1.93 bits per heavy atom. The number of hydrogen-bond donors (Lipinski definition) is 2. The zero-order valence-corrected chi connectivity index (χ0v) is 18.1. The second-order valence-corrected chi connectivity index (χ2v) is 9.21. The minimum Gasteiger partial charge on any atom is -0.311 e. The lowest BCUT2D eigenvalue weighted by Crippen LogP contribution is -2.53. The van der Waals surface area contributed by atoms with Crippen molar-refractivity contribution in [2.45, 2.75) is 50.7 Å². The van der Waals surface area contributed by atoms with Gasteiger partial charge in [0, 0.05) is 24.3 Å². The van der Waals surface area contributed by atoms with Crippen LogP contribution in [-0.4, -0.2) is 31.2 Å². The number of halogens is 1. The van der Waals surface area contributed by atoms with Crippen molar-refractivity contribution in [3.8, 4) is 5.82 Å². The highest BCUT2D eigenvalue weighted by atomic mass is 79.9. The van der Waals surface area contributed by atoms with Crippen LogP contribution in [0.4, 0.5) is 0 Å². The van der Waals surface area contributed by atoms with Crippen LogP contribution < -0.4 is 22.1 Å². The van der Waals surface area contributed by atoms with Gasteiger partial charge < -0.3 is 9.88 Å². The first-order valence-electron chi connectivity index (χ1n) is 10.2. The molecule has 4 heterocycles. The maximum absolute atomic E-state index is 13.6. The van der Waals surface area contributed by atoms with E-state index in [9.17, 15) is 14.4 Å². The molecule has 0 spiro atoms. The van der Waals surface area contributed by atoms with Crippen LogP contribution in [0.3, 0.4) is 0 Å². The lowest BCUT2D eigenvalue weighted by molar-refractivity contribution is 0.144. The van der Waals surface area contributed by atoms with E-state index in [0.717, 1.165) is 29.3 Å². The summed E-state index contributed by atoms with van der Waals surface area (Å²) in [5.41, 5.74) is -0.158. The zero-order valence-electron chi connectivity index (χ0n) is 16.5. The fourth-order valence-corrected chi connectivity index (χ4v) is 5.20. The predicted molar refractivity (Wildman–Crippen MR) is 117 cm³/mol. The molecule has 9 heteroatoms. The van der Waals surface area contributed by atoms with Gasteiger partial charge in [-0.3, -0.25) is 14.6 Å². The number of H-pyrrole nitrogens is 1. The van der Waals surface area contributed by atoms with Crippen molar-refractivity contribution in [2.24, 2.45) is 5.92 Å². The fourth-order valence-electron chi connectivity index (χ4n) is 4.90. The van der Waals surface area contributed by atoms with Gasteiger partial charge in [0.1, 0.15) is 0 Å². The standard InChI is InChI=1S/C21H22BrN5O3/c1-11-6-7-12-8-13(9-16(11)23-12)27-17-5-3-2-4-15(17)24-18(20(27)29)26-10-14(22)19(28)25-21(26)30/h2-5,10-13,16,23H,6-9H2,1H3,(H,25,28,30)/t11?,12-,13+,16?/m1/s1. The summed E-state index contributed by atoms with van der Waals surface area (Å²) in [4.78, 5) is 44.6. The van der Waals surface area contributed by atoms with Crippen molar-refractivity contribution in [1.29, 1.82) is 0 Å². The van der Waals surface area contributed by atoms with Crippen LogP contribution in [0.2, 0.25) is 0 Å². The van der Waals surface area contributed by atoms with E-state index >= 15 is 0 Å². The molecule has 2 saturated heterocycles. The van der Waals surface area contributed by atoms with Gasteiger partial charge in [0.25, 0.3) is 11.1 Å². The van der Waals surface area contributed by atoms with Crippen LogP contribution in [0.1, 0.15) is 38.6 Å². The van der Waals surface area contributed by atoms with E-state index in [-0.39, 0.29) is 21.9 Å². The summed E-state index contributed by atoms with van der Waals surface area (Å²) in [6, 6.07) is 8.27. The molecule has 0 aliphatic carbocycles. The number of nitrogens with one attached hydrogen (secondary N) is 2. The molecule has 0 amide bonds. The van der Waals surface area contributed by atoms with Crippen molar-refractivity contribution in [1.82, 2.24) is 24.4 Å². The van der Waals surface area contributed by atoms with E-state index < -0.39 is 11.2 Å². The second kappa shape index (κ2) is 7.31. The number of benzene rings is 1. The van der Waals surface area contributed by atoms with Gasteiger partial charge >= 0.3 is 5.69 Å². The van der Waals surface area contributed by atoms with Gasteiger partial charge in [0.15, 0.2) is 0 Å².